The Bertz CT molecular complexity index is 1230. The Hall–Kier alpha value is -1.30. The number of aliphatic hydroxyl groups excluding tert-OH is 2. The molecule has 0 aliphatic carbocycles. The van der Waals surface area contributed by atoms with Crippen molar-refractivity contribution >= 4 is 11.8 Å². The lowest BCUT2D eigenvalue weighted by Crippen LogP contribution is -2.65. The number of carbonyl (C=O) groups is 2. The average Bonchev–Trinajstić information content (AvgIpc) is 3.09. The summed E-state index contributed by atoms with van der Waals surface area (Å²) in [6.07, 6.45) is -7.92. The fourth-order valence-corrected chi connectivity index (χ4v) is 8.72. The van der Waals surface area contributed by atoms with Gasteiger partial charge in [-0.25, -0.2) is 0 Å². The number of ketones is 1. The first kappa shape index (κ1) is 46.1. The minimum Gasteiger partial charge on any atom is -0.459 e. The van der Waals surface area contributed by atoms with E-state index in [1.807, 2.05) is 32.8 Å². The number of hydrogen-bond donors (Lipinski definition) is 4. The van der Waals surface area contributed by atoms with Gasteiger partial charge in [0.15, 0.2) is 12.6 Å². The number of ether oxygens (including phenoxy) is 7. The molecule has 18 atom stereocenters. The van der Waals surface area contributed by atoms with Crippen LogP contribution in [0.4, 0.5) is 0 Å². The summed E-state index contributed by atoms with van der Waals surface area (Å²) in [7, 11) is 6.77. The van der Waals surface area contributed by atoms with Gasteiger partial charge in [0.25, 0.3) is 0 Å². The third-order valence-corrected chi connectivity index (χ3v) is 13.0. The molecular weight excluding hydrogens is 690 g/mol. The molecule has 0 aromatic carbocycles. The first-order chi connectivity index (χ1) is 24.3. The zero-order chi connectivity index (χ0) is 40.6. The Morgan fingerprint density at radius 2 is 1.47 bits per heavy atom. The number of methoxy groups -OCH3 is 2. The molecule has 0 spiro atoms. The Morgan fingerprint density at radius 1 is 0.868 bits per heavy atom. The summed E-state index contributed by atoms with van der Waals surface area (Å²) in [5.41, 5.74) is -5.70. The minimum absolute atomic E-state index is 0.104. The van der Waals surface area contributed by atoms with Crippen LogP contribution in [0.2, 0.25) is 0 Å². The van der Waals surface area contributed by atoms with Crippen LogP contribution in [0.15, 0.2) is 0 Å². The lowest BCUT2D eigenvalue weighted by atomic mass is 9.73. The second kappa shape index (κ2) is 17.5. The number of esters is 1. The Morgan fingerprint density at radius 3 is 2.00 bits per heavy atom. The highest BCUT2D eigenvalue weighted by molar-refractivity contribution is 5.83. The van der Waals surface area contributed by atoms with Crippen molar-refractivity contribution < 1.29 is 63.2 Å². The SMILES string of the molecule is CC[C@H]1OC(=O)C(C)C(OC2CC(C)(OC)C(C)(O)C(C)O2)C(C)C(OC2OC(C)CC(N(C)C)C2O)C(C)(OC)CC(C)C(=O)C(C)C(O)C1(C)O. The quantitative estimate of drug-likeness (QED) is 0.265. The number of likely N-dealkylation sites (N-methyl/N-ethyl adjacent to an activating group) is 1. The van der Waals surface area contributed by atoms with Gasteiger partial charge in [-0.05, 0) is 81.8 Å². The first-order valence-corrected chi connectivity index (χ1v) is 19.3. The van der Waals surface area contributed by atoms with Crippen LogP contribution in [0, 0.1) is 23.7 Å². The molecule has 0 aromatic rings. The zero-order valence-electron chi connectivity index (χ0n) is 34.8. The number of nitrogens with zero attached hydrogens (tertiary/aromatic N) is 1. The summed E-state index contributed by atoms with van der Waals surface area (Å²) in [5.74, 6) is -4.50. The number of hydrogen-bond acceptors (Lipinski definition) is 14. The Labute approximate surface area is 317 Å². The molecule has 0 radical (unpaired) electrons. The maximum Gasteiger partial charge on any atom is 0.311 e. The Kier molecular flexibility index (Phi) is 15.2. The van der Waals surface area contributed by atoms with Crippen LogP contribution < -0.4 is 0 Å². The number of Topliss-reactive ketones (excluding diaryl/α,β-unsaturated/α-hetero) is 1. The molecule has 3 saturated heterocycles. The Balaban J connectivity index is 2.24. The van der Waals surface area contributed by atoms with E-state index in [4.69, 9.17) is 33.2 Å². The van der Waals surface area contributed by atoms with Crippen molar-refractivity contribution in [3.8, 4) is 0 Å². The molecule has 3 aliphatic rings. The fraction of sp³-hybridized carbons (Fsp3) is 0.949. The molecule has 0 amide bonds. The maximum absolute atomic E-state index is 14.2. The van der Waals surface area contributed by atoms with Crippen molar-refractivity contribution in [1.29, 1.82) is 0 Å². The van der Waals surface area contributed by atoms with Crippen molar-refractivity contribution in [2.45, 2.75) is 186 Å². The number of cyclic esters (lactones) is 1. The molecule has 14 heteroatoms. The highest BCUT2D eigenvalue weighted by atomic mass is 16.7. The van der Waals surface area contributed by atoms with E-state index in [1.165, 1.54) is 21.1 Å². The zero-order valence-corrected chi connectivity index (χ0v) is 34.8. The van der Waals surface area contributed by atoms with Gasteiger partial charge >= 0.3 is 5.97 Å². The van der Waals surface area contributed by atoms with Gasteiger partial charge in [0.05, 0.1) is 42.0 Å². The highest BCUT2D eigenvalue weighted by Gasteiger charge is 2.57. The topological polar surface area (TPSA) is 183 Å². The van der Waals surface area contributed by atoms with Crippen LogP contribution in [-0.2, 0) is 42.7 Å². The van der Waals surface area contributed by atoms with E-state index < -0.39 is 101 Å². The number of aliphatic hydroxyl groups is 4. The minimum atomic E-state index is -1.97. The normalized spacial score (nSPS) is 49.7. The van der Waals surface area contributed by atoms with Crippen LogP contribution in [0.3, 0.4) is 0 Å². The average molecular weight is 762 g/mol. The van der Waals surface area contributed by atoms with Crippen LogP contribution >= 0.6 is 0 Å². The summed E-state index contributed by atoms with van der Waals surface area (Å²) >= 11 is 0. The van der Waals surface area contributed by atoms with Crippen molar-refractivity contribution in [2.75, 3.05) is 28.3 Å². The van der Waals surface area contributed by atoms with Crippen LogP contribution in [0.25, 0.3) is 0 Å². The largest absolute Gasteiger partial charge is 0.459 e. The predicted molar refractivity (Wildman–Crippen MR) is 196 cm³/mol. The third kappa shape index (κ3) is 9.30. The van der Waals surface area contributed by atoms with Crippen molar-refractivity contribution in [1.82, 2.24) is 4.90 Å². The summed E-state index contributed by atoms with van der Waals surface area (Å²) in [5, 5.41) is 46.1. The lowest BCUT2D eigenvalue weighted by molar-refractivity contribution is -0.334. The molecular formula is C39H71NO13. The summed E-state index contributed by atoms with van der Waals surface area (Å²) < 4.78 is 44.2. The summed E-state index contributed by atoms with van der Waals surface area (Å²) in [6.45, 7) is 18.7. The van der Waals surface area contributed by atoms with Gasteiger partial charge in [0, 0.05) is 44.4 Å². The van der Waals surface area contributed by atoms with E-state index in [0.29, 0.717) is 6.42 Å². The molecule has 3 fully saturated rings. The summed E-state index contributed by atoms with van der Waals surface area (Å²) in [6, 6.07) is -0.287. The molecule has 3 heterocycles. The summed E-state index contributed by atoms with van der Waals surface area (Å²) in [4.78, 5) is 30.1. The van der Waals surface area contributed by atoms with E-state index in [9.17, 15) is 30.0 Å². The van der Waals surface area contributed by atoms with Crippen molar-refractivity contribution in [2.24, 2.45) is 23.7 Å². The standard InChI is InChI=1S/C39H71NO13/c1-16-27-38(10,45)32(43)22(4)29(41)20(2)18-36(8,47-14)33(53-35-30(42)26(40(12)13)17-21(3)49-35)23(5)31(24(6)34(44)51-27)52-28-19-37(9,48-15)39(11,46)25(7)50-28/h20-28,30-33,35,42-43,45-46H,16-19H2,1-15H3/t20?,21?,22?,23?,24?,25?,26?,27-,28?,30?,31?,32?,33?,35?,36?,37?,38?,39?/m1/s1. The van der Waals surface area contributed by atoms with Crippen molar-refractivity contribution in [3.05, 3.63) is 0 Å². The van der Waals surface area contributed by atoms with Crippen LogP contribution in [0.1, 0.15) is 102 Å². The third-order valence-electron chi connectivity index (χ3n) is 13.0. The first-order valence-electron chi connectivity index (χ1n) is 19.3. The molecule has 0 bridgehead atoms. The van der Waals surface area contributed by atoms with E-state index in [2.05, 4.69) is 0 Å². The number of rotatable bonds is 8. The second-order valence-corrected chi connectivity index (χ2v) is 17.2. The van der Waals surface area contributed by atoms with E-state index >= 15 is 0 Å². The van der Waals surface area contributed by atoms with Gasteiger partial charge < -0.3 is 58.5 Å². The molecule has 3 rings (SSSR count). The molecule has 53 heavy (non-hydrogen) atoms. The van der Waals surface area contributed by atoms with Gasteiger partial charge in [0.1, 0.15) is 34.8 Å². The van der Waals surface area contributed by atoms with Gasteiger partial charge in [-0.15, -0.1) is 0 Å². The smallest absolute Gasteiger partial charge is 0.311 e. The van der Waals surface area contributed by atoms with E-state index in [-0.39, 0.29) is 37.2 Å². The van der Waals surface area contributed by atoms with Gasteiger partial charge in [0.2, 0.25) is 0 Å². The molecule has 3 aliphatic heterocycles. The van der Waals surface area contributed by atoms with Gasteiger partial charge in [-0.1, -0.05) is 27.7 Å². The molecule has 14 nitrogen and oxygen atoms in total. The van der Waals surface area contributed by atoms with Crippen molar-refractivity contribution in [3.63, 3.8) is 0 Å². The van der Waals surface area contributed by atoms with Crippen LogP contribution in [0.5, 0.6) is 0 Å². The lowest BCUT2D eigenvalue weighted by Gasteiger charge is -2.52. The monoisotopic (exact) mass is 761 g/mol. The fourth-order valence-electron chi connectivity index (χ4n) is 8.72. The highest BCUT2D eigenvalue weighted by Crippen LogP contribution is 2.44. The van der Waals surface area contributed by atoms with Gasteiger partial charge in [-0.2, -0.15) is 0 Å². The molecule has 310 valence electrons. The maximum atomic E-state index is 14.2. The molecule has 17 unspecified atom stereocenters. The van der Waals surface area contributed by atoms with E-state index in [0.717, 1.165) is 0 Å². The van der Waals surface area contributed by atoms with E-state index in [1.54, 1.807) is 55.4 Å². The number of carbonyl (C=O) groups excluding carboxylic acids is 2. The van der Waals surface area contributed by atoms with Gasteiger partial charge in [-0.3, -0.25) is 9.59 Å². The predicted octanol–water partition coefficient (Wildman–Crippen LogP) is 2.83. The molecule has 4 N–H and O–H groups in total. The van der Waals surface area contributed by atoms with Crippen LogP contribution in [-0.4, -0.2) is 149 Å². The molecule has 0 aromatic heterocycles. The second-order valence-electron chi connectivity index (χ2n) is 17.2. The molecule has 0 saturated carbocycles.